The van der Waals surface area contributed by atoms with Gasteiger partial charge in [0.2, 0.25) is 0 Å². The maximum atomic E-state index is 13.7. The van der Waals surface area contributed by atoms with E-state index >= 15 is 0 Å². The standard InChI is InChI=1S/C45H49N5O6/c1-45(2,3)56-44(54)48-38-23-27-50(31-38)42(52)36-12-10-11-34(29-36)40-22-21-37(47-43(53)55-39-13-6-4-7-14-39)30-35(40)20-17-32-15-18-33(19-16-32)41(51)46-24-28-49-25-8-5-9-26-49/h4,6-7,10-16,18-19,21-22,29-30,38H,5,8-9,23-28,31H2,1-3H3,(H,46,51)(H,47,53)(H,48,54). The molecule has 4 aromatic carbocycles. The Bertz CT molecular complexity index is 2080. The van der Waals surface area contributed by atoms with Crippen LogP contribution in [0, 0.1) is 11.8 Å². The van der Waals surface area contributed by atoms with Gasteiger partial charge in [0.1, 0.15) is 11.4 Å². The van der Waals surface area contributed by atoms with Crippen molar-refractivity contribution in [3.63, 3.8) is 0 Å². The van der Waals surface area contributed by atoms with Crippen LogP contribution >= 0.6 is 0 Å². The summed E-state index contributed by atoms with van der Waals surface area (Å²) in [5.41, 5.74) is 3.74. The van der Waals surface area contributed by atoms with Gasteiger partial charge >= 0.3 is 12.2 Å². The Balaban J connectivity index is 1.18. The summed E-state index contributed by atoms with van der Waals surface area (Å²) in [5, 5.41) is 8.68. The first-order valence-electron chi connectivity index (χ1n) is 19.2. The van der Waals surface area contributed by atoms with E-state index in [1.54, 1.807) is 59.5 Å². The zero-order valence-corrected chi connectivity index (χ0v) is 32.2. The lowest BCUT2D eigenvalue weighted by Gasteiger charge is -2.26. The van der Waals surface area contributed by atoms with Gasteiger partial charge in [-0.3, -0.25) is 14.9 Å². The molecule has 1 atom stereocenters. The molecular weight excluding hydrogens is 707 g/mol. The van der Waals surface area contributed by atoms with Crippen LogP contribution in [-0.2, 0) is 4.74 Å². The number of hydrogen-bond donors (Lipinski definition) is 3. The van der Waals surface area contributed by atoms with Gasteiger partial charge in [-0.05, 0) is 125 Å². The van der Waals surface area contributed by atoms with Crippen molar-refractivity contribution in [3.8, 4) is 28.7 Å². The first-order chi connectivity index (χ1) is 27.0. The van der Waals surface area contributed by atoms with Gasteiger partial charge in [0.25, 0.3) is 11.8 Å². The summed E-state index contributed by atoms with van der Waals surface area (Å²) in [6, 6.07) is 28.4. The quantitative estimate of drug-likeness (QED) is 0.153. The Kier molecular flexibility index (Phi) is 13.1. The second-order valence-corrected chi connectivity index (χ2v) is 15.0. The smallest absolute Gasteiger partial charge is 0.417 e. The molecule has 2 aliphatic heterocycles. The number of carbonyl (C=O) groups is 4. The highest BCUT2D eigenvalue weighted by molar-refractivity contribution is 5.96. The van der Waals surface area contributed by atoms with E-state index < -0.39 is 17.8 Å². The third-order valence-corrected chi connectivity index (χ3v) is 9.49. The van der Waals surface area contributed by atoms with Crippen molar-refractivity contribution in [1.82, 2.24) is 20.4 Å². The number of alkyl carbamates (subject to hydrolysis) is 1. The fourth-order valence-corrected chi connectivity index (χ4v) is 6.71. The largest absolute Gasteiger partial charge is 0.444 e. The molecule has 56 heavy (non-hydrogen) atoms. The number of amides is 4. The van der Waals surface area contributed by atoms with Crippen LogP contribution in [0.25, 0.3) is 11.1 Å². The molecule has 0 aliphatic carbocycles. The van der Waals surface area contributed by atoms with Crippen molar-refractivity contribution in [2.45, 2.75) is 58.1 Å². The van der Waals surface area contributed by atoms with Crippen LogP contribution in [0.1, 0.15) is 78.3 Å². The second kappa shape index (κ2) is 18.5. The first-order valence-corrected chi connectivity index (χ1v) is 19.2. The molecule has 2 fully saturated rings. The van der Waals surface area contributed by atoms with Crippen LogP contribution in [0.15, 0.2) is 97.1 Å². The molecule has 4 amide bonds. The molecule has 0 saturated carbocycles. The highest BCUT2D eigenvalue weighted by Crippen LogP contribution is 2.28. The molecule has 2 aliphatic rings. The average Bonchev–Trinajstić information content (AvgIpc) is 3.65. The van der Waals surface area contributed by atoms with Gasteiger partial charge in [0.05, 0.1) is 6.04 Å². The number of nitrogens with one attached hydrogen (secondary N) is 3. The monoisotopic (exact) mass is 755 g/mol. The van der Waals surface area contributed by atoms with E-state index in [9.17, 15) is 19.2 Å². The number of carbonyl (C=O) groups excluding carboxylic acids is 4. The molecule has 6 rings (SSSR count). The Morgan fingerprint density at radius 2 is 1.55 bits per heavy atom. The topological polar surface area (TPSA) is 129 Å². The summed E-state index contributed by atoms with van der Waals surface area (Å²) in [5.74, 6) is 6.61. The van der Waals surface area contributed by atoms with Crippen LogP contribution < -0.4 is 20.7 Å². The molecular formula is C45H49N5O6. The van der Waals surface area contributed by atoms with Crippen LogP contribution in [0.4, 0.5) is 15.3 Å². The fourth-order valence-electron chi connectivity index (χ4n) is 6.71. The molecule has 2 saturated heterocycles. The van der Waals surface area contributed by atoms with Gasteiger partial charge in [0, 0.05) is 54.1 Å². The predicted molar refractivity (Wildman–Crippen MR) is 217 cm³/mol. The van der Waals surface area contributed by atoms with Gasteiger partial charge in [0.15, 0.2) is 0 Å². The number of hydrogen-bond acceptors (Lipinski definition) is 7. The van der Waals surface area contributed by atoms with E-state index in [2.05, 4.69) is 32.7 Å². The summed E-state index contributed by atoms with van der Waals surface area (Å²) in [6.45, 7) is 9.91. The zero-order valence-electron chi connectivity index (χ0n) is 32.2. The Hall–Kier alpha value is -6.12. The lowest BCUT2D eigenvalue weighted by Crippen LogP contribution is -2.41. The van der Waals surface area contributed by atoms with Crippen LogP contribution in [-0.4, -0.2) is 84.7 Å². The van der Waals surface area contributed by atoms with Crippen molar-refractivity contribution < 1.29 is 28.7 Å². The van der Waals surface area contributed by atoms with Gasteiger partial charge in [-0.15, -0.1) is 0 Å². The molecule has 0 bridgehead atoms. The number of piperidine rings is 1. The van der Waals surface area contributed by atoms with Gasteiger partial charge in [-0.25, -0.2) is 9.59 Å². The van der Waals surface area contributed by atoms with Gasteiger partial charge in [-0.2, -0.15) is 0 Å². The minimum atomic E-state index is -0.648. The normalized spacial score (nSPS) is 15.6. The SMILES string of the molecule is CC(C)(C)OC(=O)NC1CCN(C(=O)c2cccc(-c3ccc(NC(=O)Oc4ccccc4)cc3C#Cc3ccc(C(=O)NCCN4CCCCC4)cc3)c2)C1. The summed E-state index contributed by atoms with van der Waals surface area (Å²) in [6.07, 6.45) is 3.17. The van der Waals surface area contributed by atoms with Crippen molar-refractivity contribution in [1.29, 1.82) is 0 Å². The van der Waals surface area contributed by atoms with Crippen molar-refractivity contribution in [3.05, 3.63) is 119 Å². The molecule has 290 valence electrons. The zero-order chi connectivity index (χ0) is 39.5. The van der Waals surface area contributed by atoms with Gasteiger partial charge < -0.3 is 29.9 Å². The second-order valence-electron chi connectivity index (χ2n) is 15.0. The molecule has 0 spiro atoms. The number of nitrogens with zero attached hydrogens (tertiary/aromatic N) is 2. The summed E-state index contributed by atoms with van der Waals surface area (Å²) in [7, 11) is 0. The lowest BCUT2D eigenvalue weighted by atomic mass is 9.97. The van der Waals surface area contributed by atoms with E-state index in [4.69, 9.17) is 9.47 Å². The predicted octanol–water partition coefficient (Wildman–Crippen LogP) is 7.32. The third kappa shape index (κ3) is 11.4. The number of rotatable bonds is 9. The molecule has 4 aromatic rings. The molecule has 0 radical (unpaired) electrons. The Morgan fingerprint density at radius 3 is 2.30 bits per heavy atom. The fraction of sp³-hybridized carbons (Fsp3) is 0.333. The first kappa shape index (κ1) is 39.6. The van der Waals surface area contributed by atoms with Crippen molar-refractivity contribution in [2.75, 3.05) is 44.6 Å². The molecule has 11 nitrogen and oxygen atoms in total. The summed E-state index contributed by atoms with van der Waals surface area (Å²) < 4.78 is 10.8. The maximum absolute atomic E-state index is 13.7. The van der Waals surface area contributed by atoms with E-state index in [0.29, 0.717) is 59.7 Å². The number of benzene rings is 4. The summed E-state index contributed by atoms with van der Waals surface area (Å²) >= 11 is 0. The summed E-state index contributed by atoms with van der Waals surface area (Å²) in [4.78, 5) is 55.7. The number of anilines is 1. The van der Waals surface area contributed by atoms with E-state index in [1.807, 2.05) is 63.2 Å². The van der Waals surface area contributed by atoms with E-state index in [1.165, 1.54) is 19.3 Å². The van der Waals surface area contributed by atoms with Crippen LogP contribution in [0.5, 0.6) is 5.75 Å². The Morgan fingerprint density at radius 1 is 0.786 bits per heavy atom. The van der Waals surface area contributed by atoms with E-state index in [0.717, 1.165) is 30.8 Å². The van der Waals surface area contributed by atoms with Gasteiger partial charge in [-0.1, -0.05) is 54.7 Å². The molecule has 3 N–H and O–H groups in total. The Labute approximate surface area is 328 Å². The highest BCUT2D eigenvalue weighted by Gasteiger charge is 2.29. The van der Waals surface area contributed by atoms with Crippen molar-refractivity contribution in [2.24, 2.45) is 0 Å². The number of ether oxygens (including phenoxy) is 2. The van der Waals surface area contributed by atoms with E-state index in [-0.39, 0.29) is 17.9 Å². The number of para-hydroxylation sites is 1. The lowest BCUT2D eigenvalue weighted by molar-refractivity contribution is 0.0502. The maximum Gasteiger partial charge on any atom is 0.417 e. The van der Waals surface area contributed by atoms with Crippen LogP contribution in [0.3, 0.4) is 0 Å². The average molecular weight is 756 g/mol. The van der Waals surface area contributed by atoms with Crippen LogP contribution in [0.2, 0.25) is 0 Å². The minimum absolute atomic E-state index is 0.122. The number of likely N-dealkylation sites (tertiary alicyclic amines) is 2. The molecule has 11 heteroatoms. The van der Waals surface area contributed by atoms with Crippen molar-refractivity contribution >= 4 is 29.7 Å². The molecule has 1 unspecified atom stereocenters. The third-order valence-electron chi connectivity index (χ3n) is 9.49. The highest BCUT2D eigenvalue weighted by atomic mass is 16.6. The minimum Gasteiger partial charge on any atom is -0.444 e. The molecule has 0 aromatic heterocycles. The molecule has 2 heterocycles.